The number of hydrogen-bond acceptors (Lipinski definition) is 7. The molecule has 2 aliphatic heterocycles. The van der Waals surface area contributed by atoms with Crippen LogP contribution in [0.15, 0.2) is 28.5 Å². The van der Waals surface area contributed by atoms with Crippen molar-refractivity contribution in [3.05, 3.63) is 34.5 Å². The average Bonchev–Trinajstić information content (AvgIpc) is 3.09. The van der Waals surface area contributed by atoms with Crippen LogP contribution < -0.4 is 15.8 Å². The lowest BCUT2D eigenvalue weighted by Crippen LogP contribution is -2.30. The van der Waals surface area contributed by atoms with E-state index in [9.17, 15) is 9.59 Å². The third-order valence-corrected chi connectivity index (χ3v) is 6.03. The van der Waals surface area contributed by atoms with Crippen molar-refractivity contribution in [1.82, 2.24) is 19.5 Å². The Morgan fingerprint density at radius 2 is 2.07 bits per heavy atom. The summed E-state index contributed by atoms with van der Waals surface area (Å²) in [7, 11) is 0. The van der Waals surface area contributed by atoms with Gasteiger partial charge in [0.05, 0.1) is 6.04 Å². The predicted molar refractivity (Wildman–Crippen MR) is 104 cm³/mol. The van der Waals surface area contributed by atoms with E-state index in [0.29, 0.717) is 22.3 Å². The van der Waals surface area contributed by atoms with Gasteiger partial charge in [0, 0.05) is 43.1 Å². The summed E-state index contributed by atoms with van der Waals surface area (Å²) in [6.45, 7) is 3.71. The van der Waals surface area contributed by atoms with Gasteiger partial charge in [-0.2, -0.15) is 0 Å². The highest BCUT2D eigenvalue weighted by Crippen LogP contribution is 2.32. The van der Waals surface area contributed by atoms with Crippen molar-refractivity contribution >= 4 is 29.3 Å². The van der Waals surface area contributed by atoms with Crippen LogP contribution in [0.25, 0.3) is 0 Å². The zero-order valence-corrected chi connectivity index (χ0v) is 16.0. The number of nitrogens with zero attached hydrogens (tertiary/aromatic N) is 5. The molecule has 4 rings (SSSR count). The summed E-state index contributed by atoms with van der Waals surface area (Å²) in [5, 5.41) is 3.53. The summed E-state index contributed by atoms with van der Waals surface area (Å²) in [6.07, 6.45) is 6.86. The number of amides is 1. The van der Waals surface area contributed by atoms with Gasteiger partial charge in [-0.15, -0.1) is 0 Å². The standard InChI is InChI=1S/C18H22N6O2S/c1-12-9-19-18-24(17(12)26)13(10-27-18)7-16(25)22-14-8-15(21-11-20-14)23-5-3-2-4-6-23/h8-9,11,13H,2-7,10H2,1H3,(H,20,21,22,25). The molecule has 1 fully saturated rings. The molecule has 4 heterocycles. The van der Waals surface area contributed by atoms with Gasteiger partial charge in [0.25, 0.3) is 5.56 Å². The summed E-state index contributed by atoms with van der Waals surface area (Å²) in [5.74, 6) is 1.85. The molecule has 142 valence electrons. The summed E-state index contributed by atoms with van der Waals surface area (Å²) in [4.78, 5) is 39.9. The molecule has 27 heavy (non-hydrogen) atoms. The monoisotopic (exact) mass is 386 g/mol. The first-order chi connectivity index (χ1) is 13.1. The van der Waals surface area contributed by atoms with Crippen molar-refractivity contribution in [1.29, 1.82) is 0 Å². The fourth-order valence-corrected chi connectivity index (χ4v) is 4.60. The van der Waals surface area contributed by atoms with Gasteiger partial charge in [-0.1, -0.05) is 11.8 Å². The number of carbonyl (C=O) groups excluding carboxylic acids is 1. The van der Waals surface area contributed by atoms with Crippen LogP contribution in [0.4, 0.5) is 11.6 Å². The Hall–Kier alpha value is -2.42. The molecule has 1 saturated heterocycles. The number of piperidine rings is 1. The molecule has 1 N–H and O–H groups in total. The van der Waals surface area contributed by atoms with Crippen LogP contribution in [0.1, 0.15) is 37.3 Å². The summed E-state index contributed by atoms with van der Waals surface area (Å²) < 4.78 is 1.64. The van der Waals surface area contributed by atoms with Gasteiger partial charge < -0.3 is 10.2 Å². The normalized spacial score (nSPS) is 19.0. The molecular formula is C18H22N6O2S. The highest BCUT2D eigenvalue weighted by Gasteiger charge is 2.27. The van der Waals surface area contributed by atoms with E-state index in [0.717, 1.165) is 31.7 Å². The molecule has 0 aromatic carbocycles. The maximum atomic E-state index is 12.5. The van der Waals surface area contributed by atoms with E-state index in [1.807, 2.05) is 6.07 Å². The molecule has 9 heteroatoms. The molecule has 1 amide bonds. The van der Waals surface area contributed by atoms with E-state index in [1.165, 1.54) is 24.5 Å². The highest BCUT2D eigenvalue weighted by molar-refractivity contribution is 7.99. The number of nitrogens with one attached hydrogen (secondary N) is 1. The fourth-order valence-electron chi connectivity index (χ4n) is 3.49. The van der Waals surface area contributed by atoms with Crippen molar-refractivity contribution in [2.45, 2.75) is 43.8 Å². The molecule has 2 aliphatic rings. The van der Waals surface area contributed by atoms with Crippen molar-refractivity contribution in [3.63, 3.8) is 0 Å². The maximum Gasteiger partial charge on any atom is 0.257 e. The maximum absolute atomic E-state index is 12.5. The van der Waals surface area contributed by atoms with E-state index in [1.54, 1.807) is 17.7 Å². The largest absolute Gasteiger partial charge is 0.356 e. The van der Waals surface area contributed by atoms with Crippen LogP contribution in [-0.4, -0.2) is 44.3 Å². The first kappa shape index (κ1) is 18.0. The minimum absolute atomic E-state index is 0.0720. The smallest absolute Gasteiger partial charge is 0.257 e. The minimum atomic E-state index is -0.187. The van der Waals surface area contributed by atoms with E-state index in [-0.39, 0.29) is 23.9 Å². The summed E-state index contributed by atoms with van der Waals surface area (Å²) in [6, 6.07) is 1.63. The first-order valence-electron chi connectivity index (χ1n) is 9.19. The van der Waals surface area contributed by atoms with Crippen LogP contribution in [0, 0.1) is 6.92 Å². The average molecular weight is 386 g/mol. The van der Waals surface area contributed by atoms with Crippen molar-refractivity contribution < 1.29 is 4.79 Å². The molecule has 0 spiro atoms. The molecular weight excluding hydrogens is 364 g/mol. The van der Waals surface area contributed by atoms with Crippen LogP contribution >= 0.6 is 11.8 Å². The third-order valence-electron chi connectivity index (χ3n) is 4.92. The minimum Gasteiger partial charge on any atom is -0.356 e. The van der Waals surface area contributed by atoms with Gasteiger partial charge in [0.2, 0.25) is 5.91 Å². The van der Waals surface area contributed by atoms with Gasteiger partial charge in [0.15, 0.2) is 5.16 Å². The Labute approximate surface area is 161 Å². The fraction of sp³-hybridized carbons (Fsp3) is 0.500. The predicted octanol–water partition coefficient (Wildman–Crippen LogP) is 2.01. The van der Waals surface area contributed by atoms with E-state index < -0.39 is 0 Å². The molecule has 0 radical (unpaired) electrons. The SMILES string of the molecule is Cc1cnc2n(c1=O)C(CC(=O)Nc1cc(N3CCCCC3)ncn1)CS2. The topological polar surface area (TPSA) is 93.0 Å². The van der Waals surface area contributed by atoms with Crippen LogP contribution in [0.2, 0.25) is 0 Å². The molecule has 1 atom stereocenters. The Morgan fingerprint density at radius 3 is 2.89 bits per heavy atom. The second-order valence-electron chi connectivity index (χ2n) is 6.93. The lowest BCUT2D eigenvalue weighted by Gasteiger charge is -2.27. The second-order valence-corrected chi connectivity index (χ2v) is 7.91. The number of thioether (sulfide) groups is 1. The molecule has 0 aliphatic carbocycles. The molecule has 0 saturated carbocycles. The van der Waals surface area contributed by atoms with Gasteiger partial charge in [-0.3, -0.25) is 14.2 Å². The Kier molecular flexibility index (Phi) is 5.11. The van der Waals surface area contributed by atoms with Gasteiger partial charge in [-0.05, 0) is 26.2 Å². The van der Waals surface area contributed by atoms with Crippen molar-refractivity contribution in [3.8, 4) is 0 Å². The Balaban J connectivity index is 1.44. The lowest BCUT2D eigenvalue weighted by atomic mass is 10.1. The number of fused-ring (bicyclic) bond motifs is 1. The van der Waals surface area contributed by atoms with Crippen LogP contribution in [-0.2, 0) is 4.79 Å². The molecule has 1 unspecified atom stereocenters. The number of carbonyl (C=O) groups is 1. The second kappa shape index (κ2) is 7.67. The van der Waals surface area contributed by atoms with Crippen molar-refractivity contribution in [2.24, 2.45) is 0 Å². The lowest BCUT2D eigenvalue weighted by molar-refractivity contribution is -0.116. The van der Waals surface area contributed by atoms with Crippen LogP contribution in [0.5, 0.6) is 0 Å². The van der Waals surface area contributed by atoms with Gasteiger partial charge in [-0.25, -0.2) is 15.0 Å². The van der Waals surface area contributed by atoms with E-state index in [2.05, 4.69) is 25.2 Å². The quantitative estimate of drug-likeness (QED) is 0.804. The first-order valence-corrected chi connectivity index (χ1v) is 10.2. The van der Waals surface area contributed by atoms with Crippen LogP contribution in [0.3, 0.4) is 0 Å². The van der Waals surface area contributed by atoms with Gasteiger partial charge in [0.1, 0.15) is 18.0 Å². The number of aromatic nitrogens is 4. The number of aryl methyl sites for hydroxylation is 1. The number of rotatable bonds is 4. The number of anilines is 2. The van der Waals surface area contributed by atoms with Crippen molar-refractivity contribution in [2.75, 3.05) is 29.1 Å². The molecule has 2 aromatic heterocycles. The Morgan fingerprint density at radius 1 is 1.26 bits per heavy atom. The summed E-state index contributed by atoms with van der Waals surface area (Å²) >= 11 is 1.51. The highest BCUT2D eigenvalue weighted by atomic mass is 32.2. The van der Waals surface area contributed by atoms with E-state index >= 15 is 0 Å². The third kappa shape index (κ3) is 3.83. The zero-order chi connectivity index (χ0) is 18.8. The summed E-state index contributed by atoms with van der Waals surface area (Å²) in [5.41, 5.74) is 0.519. The Bertz CT molecular complexity index is 909. The molecule has 8 nitrogen and oxygen atoms in total. The zero-order valence-electron chi connectivity index (χ0n) is 15.2. The molecule has 2 aromatic rings. The number of hydrogen-bond donors (Lipinski definition) is 1. The van der Waals surface area contributed by atoms with Gasteiger partial charge >= 0.3 is 0 Å². The molecule has 0 bridgehead atoms. The van der Waals surface area contributed by atoms with E-state index in [4.69, 9.17) is 0 Å².